The summed E-state index contributed by atoms with van der Waals surface area (Å²) in [6.07, 6.45) is 1.13. The zero-order chi connectivity index (χ0) is 37.7. The van der Waals surface area contributed by atoms with Gasteiger partial charge in [0.2, 0.25) is 0 Å². The van der Waals surface area contributed by atoms with Crippen molar-refractivity contribution in [2.24, 2.45) is 4.99 Å². The Morgan fingerprint density at radius 3 is 1.84 bits per heavy atom. The fourth-order valence-electron chi connectivity index (χ4n) is 3.38. The van der Waals surface area contributed by atoms with Crippen LogP contribution in [0.3, 0.4) is 0 Å². The van der Waals surface area contributed by atoms with E-state index in [-0.39, 0.29) is 39.5 Å². The molecule has 0 unspecified atom stereocenters. The maximum absolute atomic E-state index is 12.2. The molecule has 0 radical (unpaired) electrons. The van der Waals surface area contributed by atoms with E-state index in [1.165, 1.54) is 6.07 Å². The lowest BCUT2D eigenvalue weighted by Gasteiger charge is -2.12. The number of hydrogen-bond acceptors (Lipinski definition) is 13. The molecule has 0 fully saturated rings. The van der Waals surface area contributed by atoms with Crippen molar-refractivity contribution in [2.45, 2.75) is 34.1 Å². The number of carbonyl (C=O) groups excluding carboxylic acids is 6. The summed E-state index contributed by atoms with van der Waals surface area (Å²) >= 11 is 0. The number of rotatable bonds is 17. The van der Waals surface area contributed by atoms with Gasteiger partial charge in [0.1, 0.15) is 33.2 Å². The van der Waals surface area contributed by atoms with Crippen molar-refractivity contribution >= 4 is 66.2 Å². The molecule has 2 aromatic carbocycles. The van der Waals surface area contributed by atoms with Crippen molar-refractivity contribution in [2.75, 3.05) is 55.6 Å². The number of anilines is 3. The van der Waals surface area contributed by atoms with Crippen molar-refractivity contribution in [1.29, 1.82) is 0 Å². The number of esters is 2. The Kier molecular flexibility index (Phi) is 23.7. The van der Waals surface area contributed by atoms with Crippen LogP contribution in [0, 0.1) is 13.8 Å². The van der Waals surface area contributed by atoms with E-state index in [9.17, 15) is 24.0 Å². The Balaban J connectivity index is 0.00000578. The number of aryl methyl sites for hydroxylation is 2. The van der Waals surface area contributed by atoms with Crippen LogP contribution in [0.2, 0.25) is 0 Å². The largest absolute Gasteiger partial charge is 0.462 e. The van der Waals surface area contributed by atoms with Gasteiger partial charge in [0.05, 0.1) is 25.3 Å². The third kappa shape index (κ3) is 20.3. The van der Waals surface area contributed by atoms with Crippen LogP contribution in [-0.4, -0.2) is 83.0 Å². The van der Waals surface area contributed by atoms with Crippen LogP contribution < -0.4 is 16.0 Å². The first kappa shape index (κ1) is 44.0. The molecule has 50 heavy (non-hydrogen) atoms. The second kappa shape index (κ2) is 27.0. The van der Waals surface area contributed by atoms with Crippen molar-refractivity contribution in [3.8, 4) is 0 Å². The highest BCUT2D eigenvalue weighted by molar-refractivity contribution is 5.89. The summed E-state index contributed by atoms with van der Waals surface area (Å²) in [6.45, 7) is 16.3. The summed E-state index contributed by atoms with van der Waals surface area (Å²) in [5.41, 5.74) is 3.04. The van der Waals surface area contributed by atoms with Crippen LogP contribution >= 0.6 is 0 Å². The SMILES string of the molecule is C=CCOCCOC(=O)Nc1cc(C)cc(NC(=O)OCCOC(=O)Nc2ccc(N=COC(=O)CCOC(=O)C=C)cc2C)c1.C=O.CC. The Labute approximate surface area is 290 Å². The van der Waals surface area contributed by atoms with Gasteiger partial charge in [0, 0.05) is 23.1 Å². The Morgan fingerprint density at radius 2 is 1.30 bits per heavy atom. The van der Waals surface area contributed by atoms with E-state index >= 15 is 0 Å². The third-order valence-corrected chi connectivity index (χ3v) is 5.37. The molecule has 3 amide bonds. The van der Waals surface area contributed by atoms with Crippen LogP contribution in [0.5, 0.6) is 0 Å². The number of carbonyl (C=O) groups is 6. The molecule has 0 saturated heterocycles. The fourth-order valence-corrected chi connectivity index (χ4v) is 3.38. The van der Waals surface area contributed by atoms with E-state index in [1.54, 1.807) is 50.3 Å². The fraction of sp³-hybridized carbons (Fsp3) is 0.324. The molecule has 2 rings (SSSR count). The molecule has 16 heteroatoms. The first-order chi connectivity index (χ1) is 24.1. The predicted octanol–water partition coefficient (Wildman–Crippen LogP) is 6.02. The summed E-state index contributed by atoms with van der Waals surface area (Å²) in [5.74, 6) is -1.28. The highest BCUT2D eigenvalue weighted by Gasteiger charge is 2.10. The zero-order valence-corrected chi connectivity index (χ0v) is 28.6. The second-order valence-corrected chi connectivity index (χ2v) is 9.08. The quantitative estimate of drug-likeness (QED) is 0.0330. The number of hydrogen-bond donors (Lipinski definition) is 3. The molecule has 0 spiro atoms. The van der Waals surface area contributed by atoms with Gasteiger partial charge in [0.15, 0.2) is 6.40 Å². The van der Waals surface area contributed by atoms with E-state index in [0.29, 0.717) is 34.9 Å². The number of benzene rings is 2. The molecular weight excluding hydrogens is 656 g/mol. The smallest absolute Gasteiger partial charge is 0.411 e. The minimum Gasteiger partial charge on any atom is -0.462 e. The summed E-state index contributed by atoms with van der Waals surface area (Å²) in [5, 5.41) is 7.68. The molecule has 0 heterocycles. The number of ether oxygens (including phenoxy) is 6. The van der Waals surface area contributed by atoms with Gasteiger partial charge >= 0.3 is 30.2 Å². The first-order valence-electron chi connectivity index (χ1n) is 15.1. The average Bonchev–Trinajstić information content (AvgIpc) is 3.09. The summed E-state index contributed by atoms with van der Waals surface area (Å²) in [7, 11) is 0. The normalized spacial score (nSPS) is 9.68. The number of amides is 3. The van der Waals surface area contributed by atoms with Gasteiger partial charge in [-0.25, -0.2) is 24.2 Å². The van der Waals surface area contributed by atoms with Crippen molar-refractivity contribution < 1.29 is 57.2 Å². The van der Waals surface area contributed by atoms with Gasteiger partial charge in [-0.15, -0.1) is 6.58 Å². The highest BCUT2D eigenvalue weighted by Crippen LogP contribution is 2.22. The highest BCUT2D eigenvalue weighted by atomic mass is 16.6. The monoisotopic (exact) mass is 700 g/mol. The van der Waals surface area contributed by atoms with Crippen molar-refractivity contribution in [3.05, 3.63) is 72.8 Å². The number of nitrogens with one attached hydrogen (secondary N) is 3. The summed E-state index contributed by atoms with van der Waals surface area (Å²) < 4.78 is 29.8. The van der Waals surface area contributed by atoms with Gasteiger partial charge in [-0.05, 0) is 61.4 Å². The van der Waals surface area contributed by atoms with E-state index in [2.05, 4.69) is 34.1 Å². The Morgan fingerprint density at radius 1 is 0.740 bits per heavy atom. The van der Waals surface area contributed by atoms with Gasteiger partial charge < -0.3 is 33.2 Å². The minimum absolute atomic E-state index is 0.0607. The van der Waals surface area contributed by atoms with Crippen LogP contribution in [0.25, 0.3) is 0 Å². The molecule has 0 atom stereocenters. The number of aliphatic imine (C=N–C) groups is 1. The maximum atomic E-state index is 12.2. The molecule has 0 aliphatic rings. The van der Waals surface area contributed by atoms with Crippen LogP contribution in [-0.2, 0) is 42.8 Å². The first-order valence-corrected chi connectivity index (χ1v) is 15.1. The van der Waals surface area contributed by atoms with E-state index < -0.39 is 30.2 Å². The zero-order valence-electron chi connectivity index (χ0n) is 28.6. The van der Waals surface area contributed by atoms with E-state index in [1.807, 2.05) is 20.6 Å². The third-order valence-electron chi connectivity index (χ3n) is 5.37. The van der Waals surface area contributed by atoms with Gasteiger partial charge in [-0.3, -0.25) is 20.7 Å². The Bertz CT molecular complexity index is 1450. The van der Waals surface area contributed by atoms with Gasteiger partial charge in [-0.1, -0.05) is 26.5 Å². The second-order valence-electron chi connectivity index (χ2n) is 9.08. The molecular formula is C34H44N4O12. The van der Waals surface area contributed by atoms with Crippen LogP contribution in [0.1, 0.15) is 31.4 Å². The molecule has 0 aromatic heterocycles. The molecule has 0 aliphatic heterocycles. The number of nitrogens with zero attached hydrogens (tertiary/aromatic N) is 1. The molecule has 2 aromatic rings. The molecule has 0 aliphatic carbocycles. The maximum Gasteiger partial charge on any atom is 0.411 e. The molecule has 272 valence electrons. The summed E-state index contributed by atoms with van der Waals surface area (Å²) in [4.78, 5) is 71.0. The topological polar surface area (TPSA) is 206 Å². The van der Waals surface area contributed by atoms with E-state index in [4.69, 9.17) is 33.2 Å². The van der Waals surface area contributed by atoms with E-state index in [0.717, 1.165) is 18.0 Å². The lowest BCUT2D eigenvalue weighted by atomic mass is 10.2. The summed E-state index contributed by atoms with van der Waals surface area (Å²) in [6, 6.07) is 9.66. The minimum atomic E-state index is -0.795. The van der Waals surface area contributed by atoms with Crippen LogP contribution in [0.15, 0.2) is 66.7 Å². The van der Waals surface area contributed by atoms with Crippen molar-refractivity contribution in [1.82, 2.24) is 0 Å². The molecule has 0 bridgehead atoms. The van der Waals surface area contributed by atoms with Crippen molar-refractivity contribution in [3.63, 3.8) is 0 Å². The standard InChI is InChI=1S/C31H36N4O11.C2H6.CH2O/c1-5-10-41-12-13-43-29(38)33-24-16-21(3)17-25(19-24)34-30(39)44-14-15-45-31(40)35-26-8-7-23(18-22(26)4)32-20-46-28(37)9-11-42-27(36)6-2;2*1-2/h5-8,16-20H,1-2,9-15H2,3-4H3,(H,33,38)(H,34,39)(H,35,40);1-2H3;1H2. The predicted molar refractivity (Wildman–Crippen MR) is 187 cm³/mol. The molecule has 16 nitrogen and oxygen atoms in total. The van der Waals surface area contributed by atoms with Crippen LogP contribution in [0.4, 0.5) is 37.1 Å². The molecule has 0 saturated carbocycles. The molecule has 3 N–H and O–H groups in total. The average molecular weight is 701 g/mol. The lowest BCUT2D eigenvalue weighted by molar-refractivity contribution is -0.141. The lowest BCUT2D eigenvalue weighted by Crippen LogP contribution is -2.21. The van der Waals surface area contributed by atoms with Gasteiger partial charge in [0.25, 0.3) is 0 Å². The van der Waals surface area contributed by atoms with Gasteiger partial charge in [-0.2, -0.15) is 0 Å². The Hall–Kier alpha value is -6.03.